The smallest absolute Gasteiger partial charge is 0.226 e. The Balaban J connectivity index is 1.72. The summed E-state index contributed by atoms with van der Waals surface area (Å²) in [6.45, 7) is 3.09. The Hall–Kier alpha value is -1.59. The molecule has 2 aromatic heterocycles. The van der Waals surface area contributed by atoms with E-state index in [0.717, 1.165) is 31.7 Å². The predicted molar refractivity (Wildman–Crippen MR) is 82.9 cm³/mol. The van der Waals surface area contributed by atoms with E-state index in [1.807, 2.05) is 23.1 Å². The zero-order chi connectivity index (χ0) is 14.5. The van der Waals surface area contributed by atoms with Crippen molar-refractivity contribution in [1.82, 2.24) is 10.2 Å². The Morgan fingerprint density at radius 3 is 2.81 bits per heavy atom. The van der Waals surface area contributed by atoms with E-state index in [1.165, 1.54) is 4.88 Å². The van der Waals surface area contributed by atoms with Gasteiger partial charge < -0.3 is 14.6 Å². The highest BCUT2D eigenvalue weighted by Crippen LogP contribution is 2.21. The molecule has 0 spiro atoms. The van der Waals surface area contributed by atoms with Gasteiger partial charge in [0.05, 0.1) is 19.4 Å². The molecule has 1 saturated heterocycles. The molecule has 1 aliphatic rings. The third-order valence-electron chi connectivity index (χ3n) is 3.85. The number of furan rings is 1. The molecular weight excluding hydrogens is 284 g/mol. The minimum absolute atomic E-state index is 0.140. The molecule has 2 aromatic rings. The number of carbonyl (C=O) groups excluding carboxylic acids is 1. The fourth-order valence-electron chi connectivity index (χ4n) is 2.72. The number of carbonyl (C=O) groups is 1. The van der Waals surface area contributed by atoms with Crippen LogP contribution in [0.2, 0.25) is 0 Å². The SMILES string of the molecule is O=C(C1CCNCC1)N(Cc1ccco1)Cc1cccs1. The molecular formula is C16H20N2O2S. The molecule has 0 radical (unpaired) electrons. The maximum Gasteiger partial charge on any atom is 0.226 e. The highest BCUT2D eigenvalue weighted by atomic mass is 32.1. The molecule has 1 N–H and O–H groups in total. The summed E-state index contributed by atoms with van der Waals surface area (Å²) in [6.07, 6.45) is 3.52. The van der Waals surface area contributed by atoms with Crippen LogP contribution >= 0.6 is 11.3 Å². The largest absolute Gasteiger partial charge is 0.467 e. The molecule has 1 aliphatic heterocycles. The molecule has 21 heavy (non-hydrogen) atoms. The molecule has 4 nitrogen and oxygen atoms in total. The second-order valence-corrected chi connectivity index (χ2v) is 6.41. The first-order chi connectivity index (χ1) is 10.3. The highest BCUT2D eigenvalue weighted by Gasteiger charge is 2.26. The summed E-state index contributed by atoms with van der Waals surface area (Å²) < 4.78 is 5.42. The molecule has 3 heterocycles. The summed E-state index contributed by atoms with van der Waals surface area (Å²) in [5.74, 6) is 1.23. The average molecular weight is 304 g/mol. The maximum absolute atomic E-state index is 12.8. The minimum Gasteiger partial charge on any atom is -0.467 e. The molecule has 1 amide bonds. The monoisotopic (exact) mass is 304 g/mol. The van der Waals surface area contributed by atoms with Gasteiger partial charge in [-0.2, -0.15) is 0 Å². The number of hydrogen-bond donors (Lipinski definition) is 1. The quantitative estimate of drug-likeness (QED) is 0.924. The number of hydrogen-bond acceptors (Lipinski definition) is 4. The lowest BCUT2D eigenvalue weighted by Gasteiger charge is -2.29. The van der Waals surface area contributed by atoms with Gasteiger partial charge in [-0.1, -0.05) is 6.07 Å². The van der Waals surface area contributed by atoms with Gasteiger partial charge in [0, 0.05) is 10.8 Å². The standard InChI is InChI=1S/C16H20N2O2S/c19-16(13-5-7-17-8-6-13)18(11-14-3-1-9-20-14)12-15-4-2-10-21-15/h1-4,9-10,13,17H,5-8,11-12H2. The first-order valence-corrected chi connectivity index (χ1v) is 8.25. The first kappa shape index (κ1) is 14.4. The van der Waals surface area contributed by atoms with Gasteiger partial charge in [0.15, 0.2) is 0 Å². The Morgan fingerprint density at radius 2 is 2.14 bits per heavy atom. The number of rotatable bonds is 5. The van der Waals surface area contributed by atoms with Crippen LogP contribution in [-0.2, 0) is 17.9 Å². The number of nitrogens with one attached hydrogen (secondary N) is 1. The lowest BCUT2D eigenvalue weighted by atomic mass is 9.96. The van der Waals surface area contributed by atoms with E-state index >= 15 is 0 Å². The first-order valence-electron chi connectivity index (χ1n) is 7.37. The van der Waals surface area contributed by atoms with Crippen molar-refractivity contribution in [2.45, 2.75) is 25.9 Å². The summed E-state index contributed by atoms with van der Waals surface area (Å²) in [7, 11) is 0. The van der Waals surface area contributed by atoms with Crippen molar-refractivity contribution < 1.29 is 9.21 Å². The zero-order valence-electron chi connectivity index (χ0n) is 12.0. The van der Waals surface area contributed by atoms with Crippen molar-refractivity contribution in [1.29, 1.82) is 0 Å². The van der Waals surface area contributed by atoms with Crippen LogP contribution < -0.4 is 5.32 Å². The average Bonchev–Trinajstić information content (AvgIpc) is 3.20. The fourth-order valence-corrected chi connectivity index (χ4v) is 3.44. The normalized spacial score (nSPS) is 16.0. The topological polar surface area (TPSA) is 45.5 Å². The van der Waals surface area contributed by atoms with Crippen LogP contribution in [0.3, 0.4) is 0 Å². The fraction of sp³-hybridized carbons (Fsp3) is 0.438. The van der Waals surface area contributed by atoms with E-state index in [0.29, 0.717) is 13.1 Å². The molecule has 3 rings (SSSR count). The summed E-state index contributed by atoms with van der Waals surface area (Å²) in [5, 5.41) is 5.36. The number of amides is 1. The highest BCUT2D eigenvalue weighted by molar-refractivity contribution is 7.09. The van der Waals surface area contributed by atoms with Gasteiger partial charge in [-0.3, -0.25) is 4.79 Å². The van der Waals surface area contributed by atoms with Crippen molar-refractivity contribution in [3.05, 3.63) is 46.5 Å². The number of thiophene rings is 1. The van der Waals surface area contributed by atoms with Crippen LogP contribution in [0.1, 0.15) is 23.5 Å². The minimum atomic E-state index is 0.140. The van der Waals surface area contributed by atoms with Crippen LogP contribution in [-0.4, -0.2) is 23.9 Å². The van der Waals surface area contributed by atoms with Gasteiger partial charge in [0.1, 0.15) is 5.76 Å². The van der Waals surface area contributed by atoms with Crippen molar-refractivity contribution in [2.75, 3.05) is 13.1 Å². The Bertz CT molecular complexity index is 509. The van der Waals surface area contributed by atoms with Crippen molar-refractivity contribution in [3.63, 3.8) is 0 Å². The predicted octanol–water partition coefficient (Wildman–Crippen LogP) is 2.87. The zero-order valence-corrected chi connectivity index (χ0v) is 12.8. The lowest BCUT2D eigenvalue weighted by Crippen LogP contribution is -2.40. The summed E-state index contributed by atoms with van der Waals surface area (Å²) in [5.41, 5.74) is 0. The summed E-state index contributed by atoms with van der Waals surface area (Å²) in [4.78, 5) is 16.0. The molecule has 0 unspecified atom stereocenters. The Labute approximate surface area is 128 Å². The molecule has 0 saturated carbocycles. The van der Waals surface area contributed by atoms with E-state index in [2.05, 4.69) is 16.8 Å². The number of nitrogens with zero attached hydrogens (tertiary/aromatic N) is 1. The Kier molecular flexibility index (Phi) is 4.72. The van der Waals surface area contributed by atoms with Gasteiger partial charge >= 0.3 is 0 Å². The van der Waals surface area contributed by atoms with Gasteiger partial charge in [-0.05, 0) is 49.5 Å². The second-order valence-electron chi connectivity index (χ2n) is 5.38. The van der Waals surface area contributed by atoms with Gasteiger partial charge in [0.25, 0.3) is 0 Å². The molecule has 112 valence electrons. The molecule has 0 aliphatic carbocycles. The van der Waals surface area contributed by atoms with Crippen LogP contribution in [0.5, 0.6) is 0 Å². The van der Waals surface area contributed by atoms with Crippen LogP contribution in [0.25, 0.3) is 0 Å². The summed E-state index contributed by atoms with van der Waals surface area (Å²) >= 11 is 1.69. The third kappa shape index (κ3) is 3.74. The van der Waals surface area contributed by atoms with Gasteiger partial charge in [-0.15, -0.1) is 11.3 Å². The molecule has 1 fully saturated rings. The number of piperidine rings is 1. The van der Waals surface area contributed by atoms with Gasteiger partial charge in [-0.25, -0.2) is 0 Å². The van der Waals surface area contributed by atoms with E-state index in [9.17, 15) is 4.79 Å². The molecule has 5 heteroatoms. The molecule has 0 aromatic carbocycles. The van der Waals surface area contributed by atoms with Crippen LogP contribution in [0, 0.1) is 5.92 Å². The van der Waals surface area contributed by atoms with Crippen molar-refractivity contribution in [2.24, 2.45) is 5.92 Å². The molecule has 0 bridgehead atoms. The third-order valence-corrected chi connectivity index (χ3v) is 4.71. The maximum atomic E-state index is 12.8. The van der Waals surface area contributed by atoms with Crippen molar-refractivity contribution in [3.8, 4) is 0 Å². The van der Waals surface area contributed by atoms with E-state index in [4.69, 9.17) is 4.42 Å². The van der Waals surface area contributed by atoms with Gasteiger partial charge in [0.2, 0.25) is 5.91 Å². The van der Waals surface area contributed by atoms with E-state index in [1.54, 1.807) is 17.6 Å². The van der Waals surface area contributed by atoms with Crippen LogP contribution in [0.15, 0.2) is 40.3 Å². The van der Waals surface area contributed by atoms with Crippen molar-refractivity contribution >= 4 is 17.2 Å². The lowest BCUT2D eigenvalue weighted by molar-refractivity contribution is -0.137. The van der Waals surface area contributed by atoms with Crippen LogP contribution in [0.4, 0.5) is 0 Å². The summed E-state index contributed by atoms with van der Waals surface area (Å²) in [6, 6.07) is 7.90. The van der Waals surface area contributed by atoms with E-state index in [-0.39, 0.29) is 11.8 Å². The second kappa shape index (κ2) is 6.91. The molecule has 0 atom stereocenters. The Morgan fingerprint density at radius 1 is 1.29 bits per heavy atom. The van der Waals surface area contributed by atoms with E-state index < -0.39 is 0 Å².